The Morgan fingerprint density at radius 2 is 1.87 bits per heavy atom. The molecule has 0 unspecified atom stereocenters. The van der Waals surface area contributed by atoms with Crippen LogP contribution in [0.25, 0.3) is 0 Å². The third-order valence-corrected chi connectivity index (χ3v) is 6.72. The molecule has 0 saturated carbocycles. The molecule has 8 heteroatoms. The molecule has 0 radical (unpaired) electrons. The molecule has 0 atom stereocenters. The molecule has 1 saturated heterocycles. The SMILES string of the molecule is Cc1cccc(N2CCN(C(=O)c3sc(Nc4ccc(Cl)cn4)nc3C)CC2)c1C. The molecule has 3 heterocycles. The number of hydrogen-bond acceptors (Lipinski definition) is 6. The highest BCUT2D eigenvalue weighted by atomic mass is 35.5. The van der Waals surface area contributed by atoms with E-state index in [1.54, 1.807) is 18.3 Å². The Morgan fingerprint density at radius 1 is 1.10 bits per heavy atom. The predicted molar refractivity (Wildman–Crippen MR) is 123 cm³/mol. The summed E-state index contributed by atoms with van der Waals surface area (Å²) in [7, 11) is 0. The Balaban J connectivity index is 1.42. The van der Waals surface area contributed by atoms with Crippen molar-refractivity contribution in [3.8, 4) is 0 Å². The number of halogens is 1. The van der Waals surface area contributed by atoms with Crippen molar-refractivity contribution in [2.24, 2.45) is 0 Å². The summed E-state index contributed by atoms with van der Waals surface area (Å²) in [5.74, 6) is 0.692. The number of pyridine rings is 1. The number of nitrogens with one attached hydrogen (secondary N) is 1. The molecule has 1 N–H and O–H groups in total. The normalized spacial score (nSPS) is 14.1. The van der Waals surface area contributed by atoms with Crippen molar-refractivity contribution in [1.82, 2.24) is 14.9 Å². The van der Waals surface area contributed by atoms with Crippen molar-refractivity contribution >= 4 is 45.5 Å². The van der Waals surface area contributed by atoms with Crippen LogP contribution >= 0.6 is 22.9 Å². The number of aromatic nitrogens is 2. The molecule has 156 valence electrons. The van der Waals surface area contributed by atoms with E-state index in [9.17, 15) is 4.79 Å². The maximum Gasteiger partial charge on any atom is 0.266 e. The van der Waals surface area contributed by atoms with Gasteiger partial charge in [-0.1, -0.05) is 35.1 Å². The lowest BCUT2D eigenvalue weighted by molar-refractivity contribution is 0.0750. The number of thiazole rings is 1. The summed E-state index contributed by atoms with van der Waals surface area (Å²) in [5, 5.41) is 4.38. The molecular weight excluding hydrogens is 418 g/mol. The highest BCUT2D eigenvalue weighted by Crippen LogP contribution is 2.28. The van der Waals surface area contributed by atoms with Gasteiger partial charge in [0.2, 0.25) is 0 Å². The van der Waals surface area contributed by atoms with Crippen LogP contribution in [0.1, 0.15) is 26.5 Å². The number of hydrogen-bond donors (Lipinski definition) is 1. The summed E-state index contributed by atoms with van der Waals surface area (Å²) in [6.07, 6.45) is 1.58. The second kappa shape index (κ2) is 8.62. The predicted octanol–water partition coefficient (Wildman–Crippen LogP) is 4.82. The van der Waals surface area contributed by atoms with Gasteiger partial charge in [0.05, 0.1) is 10.7 Å². The zero-order chi connectivity index (χ0) is 21.3. The van der Waals surface area contributed by atoms with Gasteiger partial charge in [-0.3, -0.25) is 4.79 Å². The first-order chi connectivity index (χ1) is 14.4. The van der Waals surface area contributed by atoms with Crippen molar-refractivity contribution in [3.63, 3.8) is 0 Å². The van der Waals surface area contributed by atoms with Crippen molar-refractivity contribution < 1.29 is 4.79 Å². The van der Waals surface area contributed by atoms with E-state index in [-0.39, 0.29) is 5.91 Å². The van der Waals surface area contributed by atoms with E-state index in [4.69, 9.17) is 11.6 Å². The van der Waals surface area contributed by atoms with Gasteiger partial charge >= 0.3 is 0 Å². The lowest BCUT2D eigenvalue weighted by Crippen LogP contribution is -2.49. The maximum absolute atomic E-state index is 13.1. The van der Waals surface area contributed by atoms with Crippen LogP contribution in [-0.2, 0) is 0 Å². The molecule has 0 bridgehead atoms. The van der Waals surface area contributed by atoms with E-state index in [2.05, 4.69) is 52.2 Å². The van der Waals surface area contributed by atoms with Crippen LogP contribution in [0.5, 0.6) is 0 Å². The fraction of sp³-hybridized carbons (Fsp3) is 0.318. The van der Waals surface area contributed by atoms with Gasteiger partial charge in [0.15, 0.2) is 5.13 Å². The molecule has 1 aliphatic heterocycles. The average Bonchev–Trinajstić information content (AvgIpc) is 3.11. The number of rotatable bonds is 4. The number of amides is 1. The summed E-state index contributed by atoms with van der Waals surface area (Å²) >= 11 is 7.24. The molecule has 1 aliphatic rings. The molecule has 0 aliphatic carbocycles. The summed E-state index contributed by atoms with van der Waals surface area (Å²) in [6, 6.07) is 9.94. The van der Waals surface area contributed by atoms with Crippen LogP contribution in [0.15, 0.2) is 36.5 Å². The molecule has 3 aromatic rings. The molecule has 30 heavy (non-hydrogen) atoms. The average molecular weight is 442 g/mol. The molecule has 1 fully saturated rings. The summed E-state index contributed by atoms with van der Waals surface area (Å²) in [6.45, 7) is 9.22. The zero-order valence-corrected chi connectivity index (χ0v) is 18.8. The van der Waals surface area contributed by atoms with Gasteiger partial charge in [0.25, 0.3) is 5.91 Å². The number of aryl methyl sites for hydroxylation is 2. The van der Waals surface area contributed by atoms with Gasteiger partial charge in [0.1, 0.15) is 10.7 Å². The number of carbonyl (C=O) groups is 1. The Kier molecular flexibility index (Phi) is 5.92. The number of anilines is 3. The molecular formula is C22H24ClN5OS. The van der Waals surface area contributed by atoms with Gasteiger partial charge in [-0.2, -0.15) is 0 Å². The summed E-state index contributed by atoms with van der Waals surface area (Å²) in [5.41, 5.74) is 4.60. The first-order valence-electron chi connectivity index (χ1n) is 9.89. The summed E-state index contributed by atoms with van der Waals surface area (Å²) < 4.78 is 0. The Morgan fingerprint density at radius 3 is 2.57 bits per heavy atom. The Labute approximate surface area is 185 Å². The minimum Gasteiger partial charge on any atom is -0.368 e. The van der Waals surface area contributed by atoms with Gasteiger partial charge in [-0.15, -0.1) is 0 Å². The third kappa shape index (κ3) is 4.27. The van der Waals surface area contributed by atoms with Gasteiger partial charge in [-0.25, -0.2) is 9.97 Å². The smallest absolute Gasteiger partial charge is 0.266 e. The molecule has 4 rings (SSSR count). The Hall–Kier alpha value is -2.64. The van der Waals surface area contributed by atoms with Crippen LogP contribution < -0.4 is 10.2 Å². The van der Waals surface area contributed by atoms with Crippen LogP contribution in [0.4, 0.5) is 16.6 Å². The highest BCUT2D eigenvalue weighted by molar-refractivity contribution is 7.17. The van der Waals surface area contributed by atoms with E-state index in [0.29, 0.717) is 33.9 Å². The maximum atomic E-state index is 13.1. The summed E-state index contributed by atoms with van der Waals surface area (Å²) in [4.78, 5) is 26.8. The number of benzene rings is 1. The van der Waals surface area contributed by atoms with Gasteiger partial charge in [0, 0.05) is 38.1 Å². The molecule has 1 amide bonds. The molecule has 6 nitrogen and oxygen atoms in total. The largest absolute Gasteiger partial charge is 0.368 e. The lowest BCUT2D eigenvalue weighted by Gasteiger charge is -2.37. The van der Waals surface area contributed by atoms with Crippen LogP contribution in [-0.4, -0.2) is 47.0 Å². The minimum atomic E-state index is 0.0442. The van der Waals surface area contributed by atoms with E-state index >= 15 is 0 Å². The van der Waals surface area contributed by atoms with Gasteiger partial charge < -0.3 is 15.1 Å². The second-order valence-corrected chi connectivity index (χ2v) is 8.85. The third-order valence-electron chi connectivity index (χ3n) is 5.44. The van der Waals surface area contributed by atoms with Crippen LogP contribution in [0.2, 0.25) is 5.02 Å². The number of piperazine rings is 1. The van der Waals surface area contributed by atoms with Crippen molar-refractivity contribution in [3.05, 3.63) is 63.2 Å². The van der Waals surface area contributed by atoms with Crippen molar-refractivity contribution in [2.75, 3.05) is 36.4 Å². The van der Waals surface area contributed by atoms with Crippen molar-refractivity contribution in [1.29, 1.82) is 0 Å². The second-order valence-electron chi connectivity index (χ2n) is 7.42. The fourth-order valence-corrected chi connectivity index (χ4v) is 4.63. The fourth-order valence-electron chi connectivity index (χ4n) is 3.58. The van der Waals surface area contributed by atoms with E-state index in [0.717, 1.165) is 18.8 Å². The van der Waals surface area contributed by atoms with Crippen molar-refractivity contribution in [2.45, 2.75) is 20.8 Å². The minimum absolute atomic E-state index is 0.0442. The topological polar surface area (TPSA) is 61.4 Å². The number of nitrogens with zero attached hydrogens (tertiary/aromatic N) is 4. The first kappa shape index (κ1) is 20.6. The monoisotopic (exact) mass is 441 g/mol. The van der Waals surface area contributed by atoms with E-state index < -0.39 is 0 Å². The van der Waals surface area contributed by atoms with Crippen LogP contribution in [0.3, 0.4) is 0 Å². The lowest BCUT2D eigenvalue weighted by atomic mass is 10.1. The molecule has 2 aromatic heterocycles. The number of carbonyl (C=O) groups excluding carboxylic acids is 1. The van der Waals surface area contributed by atoms with Crippen LogP contribution in [0, 0.1) is 20.8 Å². The Bertz CT molecular complexity index is 1060. The van der Waals surface area contributed by atoms with E-state index in [1.807, 2.05) is 11.8 Å². The van der Waals surface area contributed by atoms with Gasteiger partial charge in [-0.05, 0) is 50.1 Å². The quantitative estimate of drug-likeness (QED) is 0.628. The molecule has 1 aromatic carbocycles. The highest BCUT2D eigenvalue weighted by Gasteiger charge is 2.26. The van der Waals surface area contributed by atoms with E-state index in [1.165, 1.54) is 28.2 Å². The standard InChI is InChI=1S/C22H24ClN5OS/c1-14-5-4-6-18(15(14)2)27-9-11-28(12-10-27)21(29)20-16(3)25-22(30-20)26-19-8-7-17(23)13-24-19/h4-8,13H,9-12H2,1-3H3,(H,24,25,26). The molecule has 0 spiro atoms. The first-order valence-corrected chi connectivity index (χ1v) is 11.1. The zero-order valence-electron chi connectivity index (χ0n) is 17.3.